The molecule has 0 aliphatic carbocycles. The van der Waals surface area contributed by atoms with Gasteiger partial charge in [0.2, 0.25) is 11.8 Å². The van der Waals surface area contributed by atoms with Gasteiger partial charge in [-0.3, -0.25) is 9.59 Å². The van der Waals surface area contributed by atoms with E-state index in [-0.39, 0.29) is 18.2 Å². The van der Waals surface area contributed by atoms with Crippen molar-refractivity contribution in [1.82, 2.24) is 0 Å². The molecular formula is C22H24N2O4. The SMILES string of the molecule is CCc1ccc(N2C[C@H](C(=O)Nc3cc(C(=O)OC)ccc3C)CC2=O)cc1. The number of rotatable bonds is 5. The van der Waals surface area contributed by atoms with Gasteiger partial charge in [-0.1, -0.05) is 25.1 Å². The Bertz CT molecular complexity index is 905. The molecule has 1 atom stereocenters. The quantitative estimate of drug-likeness (QED) is 0.808. The number of anilines is 2. The van der Waals surface area contributed by atoms with Gasteiger partial charge in [0.05, 0.1) is 18.6 Å². The van der Waals surface area contributed by atoms with Crippen LogP contribution in [0.25, 0.3) is 0 Å². The molecular weight excluding hydrogens is 356 g/mol. The molecule has 0 saturated carbocycles. The van der Waals surface area contributed by atoms with Gasteiger partial charge >= 0.3 is 5.97 Å². The van der Waals surface area contributed by atoms with Crippen LogP contribution >= 0.6 is 0 Å². The highest BCUT2D eigenvalue weighted by Crippen LogP contribution is 2.27. The Kier molecular flexibility index (Phi) is 5.78. The van der Waals surface area contributed by atoms with E-state index in [1.807, 2.05) is 31.2 Å². The number of nitrogens with zero attached hydrogens (tertiary/aromatic N) is 1. The first-order valence-corrected chi connectivity index (χ1v) is 9.32. The molecule has 1 heterocycles. The van der Waals surface area contributed by atoms with E-state index < -0.39 is 11.9 Å². The zero-order valence-corrected chi connectivity index (χ0v) is 16.3. The lowest BCUT2D eigenvalue weighted by Crippen LogP contribution is -2.28. The van der Waals surface area contributed by atoms with E-state index in [0.29, 0.717) is 17.8 Å². The Labute approximate surface area is 164 Å². The maximum absolute atomic E-state index is 12.7. The lowest BCUT2D eigenvalue weighted by Gasteiger charge is -2.17. The van der Waals surface area contributed by atoms with Crippen molar-refractivity contribution in [2.75, 3.05) is 23.9 Å². The van der Waals surface area contributed by atoms with Crippen molar-refractivity contribution in [3.63, 3.8) is 0 Å². The van der Waals surface area contributed by atoms with Crippen molar-refractivity contribution >= 4 is 29.2 Å². The van der Waals surface area contributed by atoms with Crippen molar-refractivity contribution in [1.29, 1.82) is 0 Å². The summed E-state index contributed by atoms with van der Waals surface area (Å²) in [7, 11) is 1.31. The fraction of sp³-hybridized carbons (Fsp3) is 0.318. The number of nitrogens with one attached hydrogen (secondary N) is 1. The molecule has 6 nitrogen and oxygen atoms in total. The minimum Gasteiger partial charge on any atom is -0.465 e. The number of hydrogen-bond donors (Lipinski definition) is 1. The van der Waals surface area contributed by atoms with E-state index in [4.69, 9.17) is 4.74 Å². The van der Waals surface area contributed by atoms with Crippen LogP contribution in [0.4, 0.5) is 11.4 Å². The first kappa shape index (κ1) is 19.6. The van der Waals surface area contributed by atoms with E-state index >= 15 is 0 Å². The first-order chi connectivity index (χ1) is 13.4. The van der Waals surface area contributed by atoms with Crippen molar-refractivity contribution in [2.24, 2.45) is 5.92 Å². The van der Waals surface area contributed by atoms with Gasteiger partial charge in [0, 0.05) is 24.3 Å². The van der Waals surface area contributed by atoms with Gasteiger partial charge in [-0.15, -0.1) is 0 Å². The molecule has 1 N–H and O–H groups in total. The Morgan fingerprint density at radius 1 is 1.18 bits per heavy atom. The zero-order chi connectivity index (χ0) is 20.3. The number of carbonyl (C=O) groups excluding carboxylic acids is 3. The number of esters is 1. The van der Waals surface area contributed by atoms with Crippen LogP contribution in [-0.4, -0.2) is 31.4 Å². The topological polar surface area (TPSA) is 75.7 Å². The summed E-state index contributed by atoms with van der Waals surface area (Å²) in [5.41, 5.74) is 3.75. The maximum atomic E-state index is 12.7. The van der Waals surface area contributed by atoms with Gasteiger partial charge in [-0.25, -0.2) is 4.79 Å². The normalized spacial score (nSPS) is 16.2. The number of methoxy groups -OCH3 is 1. The lowest BCUT2D eigenvalue weighted by molar-refractivity contribution is -0.122. The second-order valence-electron chi connectivity index (χ2n) is 6.94. The van der Waals surface area contributed by atoms with Crippen LogP contribution in [0.1, 0.15) is 34.8 Å². The molecule has 2 aromatic carbocycles. The van der Waals surface area contributed by atoms with E-state index in [0.717, 1.165) is 17.7 Å². The second-order valence-corrected chi connectivity index (χ2v) is 6.94. The summed E-state index contributed by atoms with van der Waals surface area (Å²) in [6, 6.07) is 12.8. The third-order valence-corrected chi connectivity index (χ3v) is 5.07. The standard InChI is InChI=1S/C22H24N2O4/c1-4-15-6-9-18(10-7-15)24-13-17(12-20(24)25)21(26)23-19-11-16(22(27)28-3)8-5-14(19)2/h5-11,17H,4,12-13H2,1-3H3,(H,23,26)/t17-/m1/s1. The number of ether oxygens (including phenoxy) is 1. The van der Waals surface area contributed by atoms with Crippen LogP contribution in [0.2, 0.25) is 0 Å². The molecule has 28 heavy (non-hydrogen) atoms. The monoisotopic (exact) mass is 380 g/mol. The molecule has 2 aromatic rings. The summed E-state index contributed by atoms with van der Waals surface area (Å²) in [6.45, 7) is 4.26. The molecule has 3 rings (SSSR count). The van der Waals surface area contributed by atoms with Gasteiger partial charge < -0.3 is 15.0 Å². The number of benzene rings is 2. The summed E-state index contributed by atoms with van der Waals surface area (Å²) < 4.78 is 4.73. The molecule has 0 bridgehead atoms. The Morgan fingerprint density at radius 3 is 2.54 bits per heavy atom. The Hall–Kier alpha value is -3.15. The Balaban J connectivity index is 1.72. The van der Waals surface area contributed by atoms with Crippen LogP contribution in [0.5, 0.6) is 0 Å². The molecule has 1 aliphatic heterocycles. The molecule has 1 saturated heterocycles. The predicted octanol–water partition coefficient (Wildman–Crippen LogP) is 3.34. The third-order valence-electron chi connectivity index (χ3n) is 5.07. The number of aryl methyl sites for hydroxylation is 2. The molecule has 0 radical (unpaired) electrons. The van der Waals surface area contributed by atoms with E-state index in [2.05, 4.69) is 12.2 Å². The molecule has 0 unspecified atom stereocenters. The minimum atomic E-state index is -0.465. The molecule has 0 aromatic heterocycles. The van der Waals surface area contributed by atoms with Crippen molar-refractivity contribution in [3.8, 4) is 0 Å². The number of hydrogen-bond acceptors (Lipinski definition) is 4. The van der Waals surface area contributed by atoms with E-state index in [1.165, 1.54) is 12.7 Å². The zero-order valence-electron chi connectivity index (χ0n) is 16.3. The third kappa shape index (κ3) is 4.06. The van der Waals surface area contributed by atoms with Crippen LogP contribution < -0.4 is 10.2 Å². The van der Waals surface area contributed by atoms with Crippen molar-refractivity contribution in [2.45, 2.75) is 26.7 Å². The molecule has 2 amide bonds. The highest BCUT2D eigenvalue weighted by atomic mass is 16.5. The average Bonchev–Trinajstić information content (AvgIpc) is 3.11. The van der Waals surface area contributed by atoms with Gasteiger partial charge in [-0.05, 0) is 48.7 Å². The number of amides is 2. The van der Waals surface area contributed by atoms with E-state index in [9.17, 15) is 14.4 Å². The van der Waals surface area contributed by atoms with Crippen LogP contribution in [0.3, 0.4) is 0 Å². The fourth-order valence-corrected chi connectivity index (χ4v) is 3.28. The maximum Gasteiger partial charge on any atom is 0.337 e. The van der Waals surface area contributed by atoms with Crippen LogP contribution in [0.15, 0.2) is 42.5 Å². The molecule has 146 valence electrons. The molecule has 1 aliphatic rings. The van der Waals surface area contributed by atoms with Gasteiger partial charge in [0.1, 0.15) is 0 Å². The largest absolute Gasteiger partial charge is 0.465 e. The molecule has 0 spiro atoms. The summed E-state index contributed by atoms with van der Waals surface area (Å²) in [5.74, 6) is -1.21. The first-order valence-electron chi connectivity index (χ1n) is 9.32. The summed E-state index contributed by atoms with van der Waals surface area (Å²) >= 11 is 0. The van der Waals surface area contributed by atoms with Crippen LogP contribution in [-0.2, 0) is 20.7 Å². The summed E-state index contributed by atoms with van der Waals surface area (Å²) in [5, 5.41) is 2.86. The van der Waals surface area contributed by atoms with Crippen LogP contribution in [0, 0.1) is 12.8 Å². The average molecular weight is 380 g/mol. The predicted molar refractivity (Wildman–Crippen MR) is 107 cm³/mol. The van der Waals surface area contributed by atoms with Crippen molar-refractivity contribution in [3.05, 3.63) is 59.2 Å². The second kappa shape index (κ2) is 8.25. The molecule has 6 heteroatoms. The summed E-state index contributed by atoms with van der Waals surface area (Å²) in [6.07, 6.45) is 1.10. The van der Waals surface area contributed by atoms with Crippen molar-refractivity contribution < 1.29 is 19.1 Å². The smallest absolute Gasteiger partial charge is 0.337 e. The van der Waals surface area contributed by atoms with Gasteiger partial charge in [0.15, 0.2) is 0 Å². The van der Waals surface area contributed by atoms with E-state index in [1.54, 1.807) is 23.1 Å². The fourth-order valence-electron chi connectivity index (χ4n) is 3.28. The Morgan fingerprint density at radius 2 is 1.89 bits per heavy atom. The highest BCUT2D eigenvalue weighted by molar-refractivity contribution is 6.04. The van der Waals surface area contributed by atoms with Gasteiger partial charge in [-0.2, -0.15) is 0 Å². The minimum absolute atomic E-state index is 0.0653. The van der Waals surface area contributed by atoms with Gasteiger partial charge in [0.25, 0.3) is 0 Å². The summed E-state index contributed by atoms with van der Waals surface area (Å²) in [4.78, 5) is 38.5. The highest BCUT2D eigenvalue weighted by Gasteiger charge is 2.35. The number of carbonyl (C=O) groups is 3. The molecule has 1 fully saturated rings. The lowest BCUT2D eigenvalue weighted by atomic mass is 10.1.